The number of pyridine rings is 1. The van der Waals surface area contributed by atoms with Crippen molar-refractivity contribution in [1.82, 2.24) is 4.98 Å². The third kappa shape index (κ3) is 2.54. The van der Waals surface area contributed by atoms with Gasteiger partial charge in [-0.1, -0.05) is 29.3 Å². The molecule has 0 atom stereocenters. The molecule has 4 N–H and O–H groups in total. The van der Waals surface area contributed by atoms with Crippen LogP contribution in [-0.2, 0) is 0 Å². The molecule has 0 saturated carbocycles. The number of halogens is 2. The summed E-state index contributed by atoms with van der Waals surface area (Å²) in [5, 5.41) is 0.735. The molecule has 0 unspecified atom stereocenters. The van der Waals surface area contributed by atoms with Gasteiger partial charge in [-0.25, -0.2) is 0 Å². The maximum atomic E-state index is 5.97. The number of benzene rings is 1. The largest absolute Gasteiger partial charge is 0.437 e. The van der Waals surface area contributed by atoms with Gasteiger partial charge in [0.25, 0.3) is 0 Å². The van der Waals surface area contributed by atoms with Crippen LogP contribution in [0, 0.1) is 0 Å². The predicted molar refractivity (Wildman–Crippen MR) is 69.6 cm³/mol. The Morgan fingerprint density at radius 2 is 1.82 bits per heavy atom. The first kappa shape index (κ1) is 11.8. The molecule has 0 saturated heterocycles. The lowest BCUT2D eigenvalue weighted by atomic mass is 10.3. The minimum absolute atomic E-state index is 0.209. The quantitative estimate of drug-likeness (QED) is 0.877. The van der Waals surface area contributed by atoms with Crippen LogP contribution >= 0.6 is 23.2 Å². The van der Waals surface area contributed by atoms with Crippen LogP contribution < -0.4 is 16.2 Å². The summed E-state index contributed by atoms with van der Waals surface area (Å²) in [6, 6.07) is 8.28. The molecule has 17 heavy (non-hydrogen) atoms. The van der Waals surface area contributed by atoms with Crippen LogP contribution in [0.1, 0.15) is 0 Å². The maximum Gasteiger partial charge on any atom is 0.221 e. The summed E-state index contributed by atoms with van der Waals surface area (Å²) in [4.78, 5) is 3.97. The Kier molecular flexibility index (Phi) is 3.26. The molecule has 1 aromatic heterocycles. The van der Waals surface area contributed by atoms with Gasteiger partial charge in [0.15, 0.2) is 5.82 Å². The molecule has 6 heteroatoms. The fourth-order valence-corrected chi connectivity index (χ4v) is 1.53. The molecule has 88 valence electrons. The van der Waals surface area contributed by atoms with Crippen LogP contribution in [0.15, 0.2) is 30.3 Å². The summed E-state index contributed by atoms with van der Waals surface area (Å²) >= 11 is 11.8. The van der Waals surface area contributed by atoms with Gasteiger partial charge in [0.05, 0.1) is 10.7 Å². The Labute approximate surface area is 108 Å². The summed E-state index contributed by atoms with van der Waals surface area (Å²) in [6.45, 7) is 0. The number of aromatic nitrogens is 1. The predicted octanol–water partition coefficient (Wildman–Crippen LogP) is 3.35. The standard InChI is InChI=1S/C11H9Cl2N3O/c12-6-2-1-3-8(10(6)13)17-9-5-4-7(14)11(15)16-9/h1-5H,14H2,(H2,15,16). The number of nitrogens with two attached hydrogens (primary N) is 2. The van der Waals surface area contributed by atoms with Gasteiger partial charge in [-0.3, -0.25) is 0 Å². The average molecular weight is 270 g/mol. The van der Waals surface area contributed by atoms with E-state index in [-0.39, 0.29) is 5.82 Å². The Morgan fingerprint density at radius 3 is 2.53 bits per heavy atom. The minimum Gasteiger partial charge on any atom is -0.437 e. The second-order valence-corrected chi connectivity index (χ2v) is 4.06. The fourth-order valence-electron chi connectivity index (χ4n) is 1.20. The SMILES string of the molecule is Nc1ccc(Oc2cccc(Cl)c2Cl)nc1N. The molecule has 2 rings (SSSR count). The van der Waals surface area contributed by atoms with Crippen molar-refractivity contribution in [3.05, 3.63) is 40.4 Å². The molecule has 0 amide bonds. The van der Waals surface area contributed by atoms with E-state index in [1.165, 1.54) is 0 Å². The number of hydrogen-bond donors (Lipinski definition) is 2. The van der Waals surface area contributed by atoms with Crippen molar-refractivity contribution >= 4 is 34.7 Å². The Hall–Kier alpha value is -1.65. The molecule has 0 spiro atoms. The molecule has 0 aliphatic carbocycles. The highest BCUT2D eigenvalue weighted by Gasteiger charge is 2.08. The molecule has 0 radical (unpaired) electrons. The minimum atomic E-state index is 0.209. The van der Waals surface area contributed by atoms with Gasteiger partial charge in [0.1, 0.15) is 10.8 Å². The fraction of sp³-hybridized carbons (Fsp3) is 0. The first-order valence-electron chi connectivity index (χ1n) is 4.72. The monoisotopic (exact) mass is 269 g/mol. The van der Waals surface area contributed by atoms with Gasteiger partial charge in [-0.15, -0.1) is 0 Å². The van der Waals surface area contributed by atoms with Crippen LogP contribution in [0.5, 0.6) is 11.6 Å². The normalized spacial score (nSPS) is 10.2. The molecule has 0 aliphatic rings. The van der Waals surface area contributed by atoms with Crippen LogP contribution in [0.2, 0.25) is 10.0 Å². The van der Waals surface area contributed by atoms with Crippen molar-refractivity contribution in [1.29, 1.82) is 0 Å². The van der Waals surface area contributed by atoms with E-state index in [0.29, 0.717) is 27.4 Å². The molecule has 4 nitrogen and oxygen atoms in total. The maximum absolute atomic E-state index is 5.97. The Balaban J connectivity index is 2.31. The molecule has 0 bridgehead atoms. The van der Waals surface area contributed by atoms with Gasteiger partial charge in [-0.05, 0) is 18.2 Å². The Bertz CT molecular complexity index is 560. The number of rotatable bonds is 2. The number of anilines is 2. The van der Waals surface area contributed by atoms with Crippen molar-refractivity contribution in [2.75, 3.05) is 11.5 Å². The van der Waals surface area contributed by atoms with Gasteiger partial charge in [-0.2, -0.15) is 4.98 Å². The van der Waals surface area contributed by atoms with E-state index in [4.69, 9.17) is 39.4 Å². The highest BCUT2D eigenvalue weighted by Crippen LogP contribution is 2.34. The number of hydrogen-bond acceptors (Lipinski definition) is 4. The number of ether oxygens (including phenoxy) is 1. The van der Waals surface area contributed by atoms with Crippen molar-refractivity contribution in [2.24, 2.45) is 0 Å². The first-order chi connectivity index (χ1) is 8.08. The van der Waals surface area contributed by atoms with Gasteiger partial charge in [0.2, 0.25) is 5.88 Å². The molecule has 1 aromatic carbocycles. The van der Waals surface area contributed by atoms with E-state index in [2.05, 4.69) is 4.98 Å². The first-order valence-corrected chi connectivity index (χ1v) is 5.47. The zero-order chi connectivity index (χ0) is 12.4. The third-order valence-electron chi connectivity index (χ3n) is 2.06. The molecule has 0 fully saturated rings. The smallest absolute Gasteiger partial charge is 0.221 e. The average Bonchev–Trinajstić information content (AvgIpc) is 2.30. The Morgan fingerprint density at radius 1 is 1.06 bits per heavy atom. The van der Waals surface area contributed by atoms with Crippen molar-refractivity contribution in [3.8, 4) is 11.6 Å². The summed E-state index contributed by atoms with van der Waals surface area (Å²) < 4.78 is 5.46. The second-order valence-electron chi connectivity index (χ2n) is 3.28. The van der Waals surface area contributed by atoms with Gasteiger partial charge in [0, 0.05) is 6.07 Å². The highest BCUT2D eigenvalue weighted by molar-refractivity contribution is 6.42. The van der Waals surface area contributed by atoms with E-state index in [1.807, 2.05) is 0 Å². The van der Waals surface area contributed by atoms with E-state index in [9.17, 15) is 0 Å². The van der Waals surface area contributed by atoms with E-state index < -0.39 is 0 Å². The van der Waals surface area contributed by atoms with Crippen LogP contribution in [-0.4, -0.2) is 4.98 Å². The molecular formula is C11H9Cl2N3O. The van der Waals surface area contributed by atoms with Crippen LogP contribution in [0.4, 0.5) is 11.5 Å². The van der Waals surface area contributed by atoms with Gasteiger partial charge >= 0.3 is 0 Å². The second kappa shape index (κ2) is 4.69. The topological polar surface area (TPSA) is 74.2 Å². The summed E-state index contributed by atoms with van der Waals surface area (Å²) in [5.74, 6) is 0.928. The molecule has 2 aromatic rings. The van der Waals surface area contributed by atoms with E-state index >= 15 is 0 Å². The lowest BCUT2D eigenvalue weighted by molar-refractivity contribution is 0.464. The lowest BCUT2D eigenvalue weighted by Crippen LogP contribution is -1.99. The summed E-state index contributed by atoms with van der Waals surface area (Å²) in [6.07, 6.45) is 0. The zero-order valence-electron chi connectivity index (χ0n) is 8.65. The molecule has 0 aliphatic heterocycles. The molecule has 1 heterocycles. The summed E-state index contributed by atoms with van der Waals surface area (Å²) in [7, 11) is 0. The van der Waals surface area contributed by atoms with E-state index in [0.717, 1.165) is 0 Å². The van der Waals surface area contributed by atoms with Crippen LogP contribution in [0.25, 0.3) is 0 Å². The van der Waals surface area contributed by atoms with Crippen molar-refractivity contribution in [3.63, 3.8) is 0 Å². The number of nitrogen functional groups attached to an aromatic ring is 2. The lowest BCUT2D eigenvalue weighted by Gasteiger charge is -2.08. The van der Waals surface area contributed by atoms with Gasteiger partial charge < -0.3 is 16.2 Å². The summed E-state index contributed by atoms with van der Waals surface area (Å²) in [5.41, 5.74) is 11.5. The number of nitrogens with zero attached hydrogens (tertiary/aromatic N) is 1. The highest BCUT2D eigenvalue weighted by atomic mass is 35.5. The third-order valence-corrected chi connectivity index (χ3v) is 2.86. The van der Waals surface area contributed by atoms with Crippen molar-refractivity contribution < 1.29 is 4.74 Å². The van der Waals surface area contributed by atoms with Crippen LogP contribution in [0.3, 0.4) is 0 Å². The van der Waals surface area contributed by atoms with E-state index in [1.54, 1.807) is 30.3 Å². The zero-order valence-corrected chi connectivity index (χ0v) is 10.2. The molecular weight excluding hydrogens is 261 g/mol. The van der Waals surface area contributed by atoms with Crippen molar-refractivity contribution in [2.45, 2.75) is 0 Å².